The van der Waals surface area contributed by atoms with Gasteiger partial charge in [-0.2, -0.15) is 0 Å². The van der Waals surface area contributed by atoms with Crippen LogP contribution in [0.1, 0.15) is 24.0 Å². The van der Waals surface area contributed by atoms with Crippen LogP contribution in [0.4, 0.5) is 0 Å². The summed E-state index contributed by atoms with van der Waals surface area (Å²) < 4.78 is 0. The molecule has 1 aromatic carbocycles. The highest BCUT2D eigenvalue weighted by Gasteiger charge is 2.39. The Bertz CT molecular complexity index is 433. The molecule has 4 heteroatoms. The van der Waals surface area contributed by atoms with Crippen molar-refractivity contribution in [2.24, 2.45) is 5.73 Å². The van der Waals surface area contributed by atoms with E-state index in [1.54, 1.807) is 0 Å². The maximum absolute atomic E-state index is 10.9. The molecule has 0 spiro atoms. The molecule has 16 heavy (non-hydrogen) atoms. The number of nitrogens with two attached hydrogens (primary N) is 1. The molecule has 0 radical (unpaired) electrons. The summed E-state index contributed by atoms with van der Waals surface area (Å²) in [4.78, 5) is 10.9. The Labute approximate surface area is 99.2 Å². The quantitative estimate of drug-likeness (QED) is 0.848. The number of carboxylic acids is 1. The van der Waals surface area contributed by atoms with Gasteiger partial charge in [-0.25, -0.2) is 0 Å². The minimum Gasteiger partial charge on any atom is -0.481 e. The Hall–Kier alpha value is -1.06. The van der Waals surface area contributed by atoms with Crippen molar-refractivity contribution < 1.29 is 9.90 Å². The molecule has 0 bridgehead atoms. The molecule has 0 aliphatic heterocycles. The number of rotatable bonds is 3. The van der Waals surface area contributed by atoms with Crippen LogP contribution in [0.25, 0.3) is 0 Å². The average Bonchev–Trinajstić information content (AvgIpc) is 2.57. The van der Waals surface area contributed by atoms with Gasteiger partial charge in [0, 0.05) is 17.0 Å². The van der Waals surface area contributed by atoms with Crippen molar-refractivity contribution in [1.82, 2.24) is 0 Å². The predicted molar refractivity (Wildman–Crippen MR) is 62.8 cm³/mol. The van der Waals surface area contributed by atoms with Crippen LogP contribution in [-0.4, -0.2) is 17.6 Å². The third-order valence-corrected chi connectivity index (χ3v) is 3.63. The third kappa shape index (κ3) is 1.81. The normalized spacial score (nSPS) is 23.1. The molecule has 1 aliphatic rings. The van der Waals surface area contributed by atoms with E-state index in [0.29, 0.717) is 11.6 Å². The van der Waals surface area contributed by atoms with Gasteiger partial charge in [0.25, 0.3) is 0 Å². The number of hydrogen-bond acceptors (Lipinski definition) is 2. The molecule has 0 saturated carbocycles. The summed E-state index contributed by atoms with van der Waals surface area (Å²) >= 11 is 5.96. The first-order valence-electron chi connectivity index (χ1n) is 5.28. The van der Waals surface area contributed by atoms with Crippen molar-refractivity contribution in [3.05, 3.63) is 34.3 Å². The lowest BCUT2D eigenvalue weighted by atomic mass is 9.79. The van der Waals surface area contributed by atoms with Crippen molar-refractivity contribution in [3.63, 3.8) is 0 Å². The Morgan fingerprint density at radius 1 is 1.56 bits per heavy atom. The number of hydrogen-bond donors (Lipinski definition) is 2. The van der Waals surface area contributed by atoms with Crippen molar-refractivity contribution in [2.75, 3.05) is 6.54 Å². The van der Waals surface area contributed by atoms with Crippen LogP contribution in [0.2, 0.25) is 5.02 Å². The summed E-state index contributed by atoms with van der Waals surface area (Å²) in [5, 5.41) is 9.62. The van der Waals surface area contributed by atoms with Crippen molar-refractivity contribution >= 4 is 17.6 Å². The van der Waals surface area contributed by atoms with Crippen LogP contribution in [0.3, 0.4) is 0 Å². The molecule has 1 aromatic rings. The standard InChI is InChI=1S/C12H14ClNO2/c13-9-2-1-8-3-4-12(7-14,6-11(15)16)10(8)5-9/h1-2,5H,3-4,6-7,14H2,(H,15,16). The Morgan fingerprint density at radius 2 is 2.31 bits per heavy atom. The van der Waals surface area contributed by atoms with Gasteiger partial charge in [0.05, 0.1) is 6.42 Å². The molecule has 1 unspecified atom stereocenters. The minimum absolute atomic E-state index is 0.0802. The number of carbonyl (C=O) groups is 1. The molecule has 86 valence electrons. The fraction of sp³-hybridized carbons (Fsp3) is 0.417. The zero-order valence-corrected chi connectivity index (χ0v) is 9.63. The number of benzene rings is 1. The summed E-state index contributed by atoms with van der Waals surface area (Å²) in [6.07, 6.45) is 1.76. The molecule has 2 rings (SSSR count). The van der Waals surface area contributed by atoms with Gasteiger partial charge < -0.3 is 10.8 Å². The van der Waals surface area contributed by atoms with E-state index in [4.69, 9.17) is 22.4 Å². The molecule has 0 amide bonds. The van der Waals surface area contributed by atoms with Crippen LogP contribution >= 0.6 is 11.6 Å². The molecule has 0 aromatic heterocycles. The SMILES string of the molecule is NCC1(CC(=O)O)CCc2ccc(Cl)cc21. The van der Waals surface area contributed by atoms with Crippen molar-refractivity contribution in [3.8, 4) is 0 Å². The van der Waals surface area contributed by atoms with Gasteiger partial charge in [0.2, 0.25) is 0 Å². The van der Waals surface area contributed by atoms with E-state index in [2.05, 4.69) is 0 Å². The zero-order valence-electron chi connectivity index (χ0n) is 8.87. The van der Waals surface area contributed by atoms with Crippen LogP contribution in [0, 0.1) is 0 Å². The molecule has 3 nitrogen and oxygen atoms in total. The van der Waals surface area contributed by atoms with Gasteiger partial charge in [-0.1, -0.05) is 17.7 Å². The van der Waals surface area contributed by atoms with Gasteiger partial charge in [-0.05, 0) is 36.1 Å². The Morgan fingerprint density at radius 3 is 2.94 bits per heavy atom. The second-order valence-electron chi connectivity index (χ2n) is 4.36. The largest absolute Gasteiger partial charge is 0.481 e. The second-order valence-corrected chi connectivity index (χ2v) is 4.79. The molecular weight excluding hydrogens is 226 g/mol. The highest BCUT2D eigenvalue weighted by Crippen LogP contribution is 2.41. The van der Waals surface area contributed by atoms with E-state index in [0.717, 1.165) is 18.4 Å². The molecule has 3 N–H and O–H groups in total. The topological polar surface area (TPSA) is 63.3 Å². The van der Waals surface area contributed by atoms with Crippen molar-refractivity contribution in [2.45, 2.75) is 24.7 Å². The lowest BCUT2D eigenvalue weighted by Crippen LogP contribution is -2.35. The van der Waals surface area contributed by atoms with Crippen LogP contribution in [0.15, 0.2) is 18.2 Å². The molecule has 0 saturated heterocycles. The maximum Gasteiger partial charge on any atom is 0.304 e. The lowest BCUT2D eigenvalue weighted by molar-refractivity contribution is -0.138. The number of carboxylic acid groups (broad SMARTS) is 1. The van der Waals surface area contributed by atoms with Gasteiger partial charge in [-0.3, -0.25) is 4.79 Å². The van der Waals surface area contributed by atoms with Gasteiger partial charge >= 0.3 is 5.97 Å². The summed E-state index contributed by atoms with van der Waals surface area (Å²) in [5.41, 5.74) is 7.55. The molecular formula is C12H14ClNO2. The first-order chi connectivity index (χ1) is 7.57. The van der Waals surface area contributed by atoms with Gasteiger partial charge in [0.15, 0.2) is 0 Å². The molecule has 0 heterocycles. The van der Waals surface area contributed by atoms with E-state index < -0.39 is 11.4 Å². The number of aliphatic carboxylic acids is 1. The summed E-state index contributed by atoms with van der Waals surface area (Å²) in [6.45, 7) is 0.354. The Balaban J connectivity index is 2.45. The van der Waals surface area contributed by atoms with Crippen molar-refractivity contribution in [1.29, 1.82) is 0 Å². The second kappa shape index (κ2) is 4.07. The monoisotopic (exact) mass is 239 g/mol. The highest BCUT2D eigenvalue weighted by atomic mass is 35.5. The third-order valence-electron chi connectivity index (χ3n) is 3.40. The lowest BCUT2D eigenvalue weighted by Gasteiger charge is -2.27. The van der Waals surface area contributed by atoms with Crippen LogP contribution in [-0.2, 0) is 16.6 Å². The van der Waals surface area contributed by atoms with E-state index in [9.17, 15) is 4.79 Å². The summed E-state index contributed by atoms with van der Waals surface area (Å²) in [5.74, 6) is -0.807. The molecule has 0 fully saturated rings. The smallest absolute Gasteiger partial charge is 0.304 e. The van der Waals surface area contributed by atoms with Gasteiger partial charge in [-0.15, -0.1) is 0 Å². The predicted octanol–water partition coefficient (Wildman–Crippen LogP) is 1.96. The number of fused-ring (bicyclic) bond motifs is 1. The fourth-order valence-electron chi connectivity index (χ4n) is 2.53. The average molecular weight is 240 g/mol. The van der Waals surface area contributed by atoms with Crippen LogP contribution < -0.4 is 5.73 Å². The molecule has 1 atom stereocenters. The molecule has 1 aliphatic carbocycles. The van der Waals surface area contributed by atoms with E-state index in [-0.39, 0.29) is 6.42 Å². The minimum atomic E-state index is -0.807. The van der Waals surface area contributed by atoms with E-state index in [1.807, 2.05) is 18.2 Å². The van der Waals surface area contributed by atoms with Gasteiger partial charge in [0.1, 0.15) is 0 Å². The number of aryl methyl sites for hydroxylation is 1. The highest BCUT2D eigenvalue weighted by molar-refractivity contribution is 6.30. The van der Waals surface area contributed by atoms with Crippen LogP contribution in [0.5, 0.6) is 0 Å². The number of halogens is 1. The fourth-order valence-corrected chi connectivity index (χ4v) is 2.70. The maximum atomic E-state index is 10.9. The summed E-state index contributed by atoms with van der Waals surface area (Å²) in [7, 11) is 0. The first kappa shape index (κ1) is 11.4. The van der Waals surface area contributed by atoms with E-state index >= 15 is 0 Å². The first-order valence-corrected chi connectivity index (χ1v) is 5.66. The van der Waals surface area contributed by atoms with E-state index in [1.165, 1.54) is 5.56 Å². The zero-order chi connectivity index (χ0) is 11.8. The summed E-state index contributed by atoms with van der Waals surface area (Å²) in [6, 6.07) is 5.67. The Kier molecular flexibility index (Phi) is 2.91.